The van der Waals surface area contributed by atoms with Crippen molar-refractivity contribution in [3.8, 4) is 27.7 Å². The van der Waals surface area contributed by atoms with Crippen LogP contribution in [0.15, 0.2) is 40.8 Å². The minimum absolute atomic E-state index is 0.120. The minimum Gasteiger partial charge on any atom is -0.493 e. The Morgan fingerprint density at radius 3 is 2.60 bits per heavy atom. The molecule has 5 nitrogen and oxygen atoms in total. The van der Waals surface area contributed by atoms with Crippen LogP contribution in [-0.2, 0) is 0 Å². The van der Waals surface area contributed by atoms with Gasteiger partial charge in [-0.15, -0.1) is 11.3 Å². The largest absolute Gasteiger partial charge is 0.493 e. The highest BCUT2D eigenvalue weighted by Gasteiger charge is 2.14. The van der Waals surface area contributed by atoms with Crippen molar-refractivity contribution in [1.29, 1.82) is 0 Å². The predicted octanol–water partition coefficient (Wildman–Crippen LogP) is 2.92. The van der Waals surface area contributed by atoms with E-state index >= 15 is 0 Å². The van der Waals surface area contributed by atoms with Gasteiger partial charge in [0, 0.05) is 11.2 Å². The third-order valence-electron chi connectivity index (χ3n) is 2.70. The number of aromatic nitrogens is 3. The summed E-state index contributed by atoms with van der Waals surface area (Å²) in [5.41, 5.74) is 1.88. The van der Waals surface area contributed by atoms with Gasteiger partial charge in [0.1, 0.15) is 5.56 Å². The Kier molecular flexibility index (Phi) is 3.25. The van der Waals surface area contributed by atoms with Gasteiger partial charge in [0.05, 0.1) is 10.4 Å². The summed E-state index contributed by atoms with van der Waals surface area (Å²) in [4.78, 5) is 23.4. The third kappa shape index (κ3) is 2.31. The standard InChI is InChI=1S/C13H8ClN3O2S/c14-8-3-1-7(2-4-8)10-12(18)16-11(17-13(10)19)9-5-15-6-20-9/h1-6H,(H2,16,17,18,19). The van der Waals surface area contributed by atoms with Crippen LogP contribution < -0.4 is 5.56 Å². The molecular formula is C13H8ClN3O2S. The van der Waals surface area contributed by atoms with Crippen LogP contribution in [0.1, 0.15) is 0 Å². The van der Waals surface area contributed by atoms with E-state index in [-0.39, 0.29) is 11.4 Å². The topological polar surface area (TPSA) is 78.9 Å². The SMILES string of the molecule is O=c1[nH]c(-c2cncs2)nc(O)c1-c1ccc(Cl)cc1. The molecule has 2 aromatic heterocycles. The van der Waals surface area contributed by atoms with Crippen molar-refractivity contribution in [1.82, 2.24) is 15.0 Å². The Bertz CT molecular complexity index is 797. The Morgan fingerprint density at radius 1 is 1.25 bits per heavy atom. The predicted molar refractivity (Wildman–Crippen MR) is 78.1 cm³/mol. The van der Waals surface area contributed by atoms with Crippen molar-refractivity contribution in [3.63, 3.8) is 0 Å². The van der Waals surface area contributed by atoms with Gasteiger partial charge in [0.15, 0.2) is 5.82 Å². The van der Waals surface area contributed by atoms with Crippen molar-refractivity contribution in [2.45, 2.75) is 0 Å². The molecule has 7 heteroatoms. The number of hydrogen-bond donors (Lipinski definition) is 2. The maximum atomic E-state index is 12.1. The first-order valence-electron chi connectivity index (χ1n) is 5.63. The van der Waals surface area contributed by atoms with E-state index in [2.05, 4.69) is 15.0 Å². The lowest BCUT2D eigenvalue weighted by Crippen LogP contribution is -2.11. The van der Waals surface area contributed by atoms with Crippen LogP contribution in [0.4, 0.5) is 0 Å². The van der Waals surface area contributed by atoms with Gasteiger partial charge < -0.3 is 10.1 Å². The van der Waals surface area contributed by atoms with Gasteiger partial charge in [0.25, 0.3) is 5.56 Å². The molecule has 0 saturated heterocycles. The van der Waals surface area contributed by atoms with Gasteiger partial charge in [-0.25, -0.2) is 0 Å². The molecule has 0 bridgehead atoms. The van der Waals surface area contributed by atoms with Crippen LogP contribution in [0.2, 0.25) is 5.02 Å². The number of benzene rings is 1. The fraction of sp³-hybridized carbons (Fsp3) is 0. The van der Waals surface area contributed by atoms with E-state index < -0.39 is 5.56 Å². The van der Waals surface area contributed by atoms with Crippen molar-refractivity contribution in [2.24, 2.45) is 0 Å². The molecule has 0 aliphatic rings. The average Bonchev–Trinajstić information content (AvgIpc) is 2.94. The summed E-state index contributed by atoms with van der Waals surface area (Å²) in [6.45, 7) is 0. The Hall–Kier alpha value is -2.18. The van der Waals surface area contributed by atoms with Crippen LogP contribution in [-0.4, -0.2) is 20.1 Å². The van der Waals surface area contributed by atoms with E-state index in [9.17, 15) is 9.90 Å². The maximum Gasteiger partial charge on any atom is 0.262 e. The molecule has 0 radical (unpaired) electrons. The zero-order chi connectivity index (χ0) is 14.1. The number of hydrogen-bond acceptors (Lipinski definition) is 5. The number of aromatic amines is 1. The van der Waals surface area contributed by atoms with Crippen molar-refractivity contribution in [3.05, 3.63) is 51.3 Å². The second kappa shape index (κ2) is 5.07. The first-order valence-corrected chi connectivity index (χ1v) is 6.89. The summed E-state index contributed by atoms with van der Waals surface area (Å²) in [6.07, 6.45) is 1.57. The lowest BCUT2D eigenvalue weighted by atomic mass is 10.1. The fourth-order valence-corrected chi connectivity index (χ4v) is 2.48. The third-order valence-corrected chi connectivity index (χ3v) is 3.73. The molecule has 2 heterocycles. The van der Waals surface area contributed by atoms with E-state index in [1.807, 2.05) is 0 Å². The van der Waals surface area contributed by atoms with Crippen molar-refractivity contribution >= 4 is 22.9 Å². The quantitative estimate of drug-likeness (QED) is 0.763. The number of nitrogens with zero attached hydrogens (tertiary/aromatic N) is 2. The minimum atomic E-state index is -0.414. The molecule has 3 rings (SSSR count). The molecule has 0 atom stereocenters. The van der Waals surface area contributed by atoms with Gasteiger partial charge in [-0.05, 0) is 17.7 Å². The highest BCUT2D eigenvalue weighted by Crippen LogP contribution is 2.27. The monoisotopic (exact) mass is 305 g/mol. The Morgan fingerprint density at radius 2 is 2.00 bits per heavy atom. The summed E-state index contributed by atoms with van der Waals surface area (Å²) < 4.78 is 0. The smallest absolute Gasteiger partial charge is 0.262 e. The zero-order valence-corrected chi connectivity index (χ0v) is 11.6. The Balaban J connectivity index is 2.14. The average molecular weight is 306 g/mol. The first-order chi connectivity index (χ1) is 9.65. The molecule has 0 amide bonds. The van der Waals surface area contributed by atoms with E-state index in [0.29, 0.717) is 21.3 Å². The number of aromatic hydroxyl groups is 1. The summed E-state index contributed by atoms with van der Waals surface area (Å²) in [6, 6.07) is 6.60. The first kappa shape index (κ1) is 12.8. The van der Waals surface area contributed by atoms with Gasteiger partial charge >= 0.3 is 0 Å². The van der Waals surface area contributed by atoms with E-state index in [1.54, 1.807) is 36.0 Å². The second-order valence-electron chi connectivity index (χ2n) is 3.99. The fourth-order valence-electron chi connectivity index (χ4n) is 1.79. The number of H-pyrrole nitrogens is 1. The van der Waals surface area contributed by atoms with Crippen LogP contribution in [0, 0.1) is 0 Å². The van der Waals surface area contributed by atoms with Crippen molar-refractivity contribution in [2.75, 3.05) is 0 Å². The van der Waals surface area contributed by atoms with Gasteiger partial charge in [-0.1, -0.05) is 23.7 Å². The summed E-state index contributed by atoms with van der Waals surface area (Å²) >= 11 is 7.13. The molecule has 20 heavy (non-hydrogen) atoms. The molecule has 0 saturated carbocycles. The van der Waals surface area contributed by atoms with E-state index in [0.717, 1.165) is 0 Å². The lowest BCUT2D eigenvalue weighted by molar-refractivity contribution is 0.454. The molecule has 0 aliphatic carbocycles. The number of thiazole rings is 1. The number of nitrogens with one attached hydrogen (secondary N) is 1. The van der Waals surface area contributed by atoms with Crippen molar-refractivity contribution < 1.29 is 5.11 Å². The summed E-state index contributed by atoms with van der Waals surface area (Å²) in [7, 11) is 0. The highest BCUT2D eigenvalue weighted by molar-refractivity contribution is 7.13. The van der Waals surface area contributed by atoms with Crippen LogP contribution in [0.25, 0.3) is 21.8 Å². The normalized spacial score (nSPS) is 10.7. The molecule has 100 valence electrons. The highest BCUT2D eigenvalue weighted by atomic mass is 35.5. The summed E-state index contributed by atoms with van der Waals surface area (Å²) in [5, 5.41) is 10.6. The molecule has 2 N–H and O–H groups in total. The van der Waals surface area contributed by atoms with Gasteiger partial charge in [0.2, 0.25) is 5.88 Å². The van der Waals surface area contributed by atoms with E-state index in [1.165, 1.54) is 11.3 Å². The zero-order valence-electron chi connectivity index (χ0n) is 10.0. The Labute approximate surface area is 122 Å². The van der Waals surface area contributed by atoms with E-state index in [4.69, 9.17) is 11.6 Å². The molecule has 0 aliphatic heterocycles. The summed E-state index contributed by atoms with van der Waals surface area (Å²) in [5.74, 6) is -0.0211. The van der Waals surface area contributed by atoms with Gasteiger partial charge in [-0.2, -0.15) is 4.98 Å². The number of halogens is 1. The molecule has 1 aromatic carbocycles. The molecule has 0 unspecified atom stereocenters. The van der Waals surface area contributed by atoms with Crippen LogP contribution in [0.3, 0.4) is 0 Å². The second-order valence-corrected chi connectivity index (χ2v) is 5.31. The lowest BCUT2D eigenvalue weighted by Gasteiger charge is -2.05. The number of rotatable bonds is 2. The van der Waals surface area contributed by atoms with Gasteiger partial charge in [-0.3, -0.25) is 9.78 Å². The molecule has 0 spiro atoms. The van der Waals surface area contributed by atoms with Crippen LogP contribution in [0.5, 0.6) is 5.88 Å². The molecule has 0 fully saturated rings. The maximum absolute atomic E-state index is 12.1. The van der Waals surface area contributed by atoms with Crippen LogP contribution >= 0.6 is 22.9 Å². The molecular weight excluding hydrogens is 298 g/mol. The molecule has 3 aromatic rings.